The van der Waals surface area contributed by atoms with Crippen molar-refractivity contribution >= 4 is 29.2 Å². The average molecular weight is 267 g/mol. The lowest BCUT2D eigenvalue weighted by molar-refractivity contribution is 1.04. The minimum Gasteiger partial charge on any atom is -0.373 e. The SMILES string of the molecule is CNc1ccc(Cl)c(CSc2ccncn2)n1. The van der Waals surface area contributed by atoms with Crippen LogP contribution < -0.4 is 5.32 Å². The molecule has 0 radical (unpaired) electrons. The summed E-state index contributed by atoms with van der Waals surface area (Å²) in [5, 5.41) is 4.57. The zero-order valence-electron chi connectivity index (χ0n) is 9.22. The first-order chi connectivity index (χ1) is 8.29. The van der Waals surface area contributed by atoms with Gasteiger partial charge in [-0.1, -0.05) is 23.4 Å². The van der Waals surface area contributed by atoms with E-state index in [1.807, 2.05) is 25.2 Å². The fourth-order valence-electron chi connectivity index (χ4n) is 1.23. The Morgan fingerprint density at radius 2 is 2.24 bits per heavy atom. The lowest BCUT2D eigenvalue weighted by Crippen LogP contribution is -1.96. The molecule has 0 aliphatic carbocycles. The Hall–Kier alpha value is -1.33. The van der Waals surface area contributed by atoms with Gasteiger partial charge in [-0.3, -0.25) is 0 Å². The van der Waals surface area contributed by atoms with E-state index in [1.54, 1.807) is 18.0 Å². The molecule has 1 N–H and O–H groups in total. The summed E-state index contributed by atoms with van der Waals surface area (Å²) in [5.74, 6) is 1.50. The minimum absolute atomic E-state index is 0.672. The summed E-state index contributed by atoms with van der Waals surface area (Å²) in [7, 11) is 1.83. The Labute approximate surface area is 109 Å². The molecule has 2 aromatic heterocycles. The third-order valence-corrected chi connectivity index (χ3v) is 3.39. The smallest absolute Gasteiger partial charge is 0.126 e. The first-order valence-corrected chi connectivity index (χ1v) is 6.38. The fourth-order valence-corrected chi connectivity index (χ4v) is 2.27. The molecular weight excluding hydrogens is 256 g/mol. The molecule has 0 unspecified atom stereocenters. The second kappa shape index (κ2) is 5.84. The van der Waals surface area contributed by atoms with Crippen LogP contribution in [0, 0.1) is 0 Å². The molecule has 2 aromatic rings. The minimum atomic E-state index is 0.672. The van der Waals surface area contributed by atoms with Gasteiger partial charge >= 0.3 is 0 Å². The first-order valence-electron chi connectivity index (χ1n) is 5.01. The molecule has 0 spiro atoms. The van der Waals surface area contributed by atoms with E-state index in [0.29, 0.717) is 10.8 Å². The van der Waals surface area contributed by atoms with E-state index >= 15 is 0 Å². The van der Waals surface area contributed by atoms with Gasteiger partial charge in [-0.25, -0.2) is 15.0 Å². The van der Waals surface area contributed by atoms with Crippen LogP contribution in [-0.2, 0) is 5.75 Å². The number of anilines is 1. The highest BCUT2D eigenvalue weighted by molar-refractivity contribution is 7.98. The molecule has 0 atom stereocenters. The van der Waals surface area contributed by atoms with Crippen LogP contribution in [0.1, 0.15) is 5.69 Å². The zero-order chi connectivity index (χ0) is 12.1. The molecule has 2 heterocycles. The Morgan fingerprint density at radius 3 is 2.94 bits per heavy atom. The van der Waals surface area contributed by atoms with Crippen molar-refractivity contribution in [3.63, 3.8) is 0 Å². The van der Waals surface area contributed by atoms with Crippen molar-refractivity contribution < 1.29 is 0 Å². The van der Waals surface area contributed by atoms with Crippen LogP contribution in [0.3, 0.4) is 0 Å². The molecule has 6 heteroatoms. The summed E-state index contributed by atoms with van der Waals surface area (Å²) in [6, 6.07) is 5.55. The Balaban J connectivity index is 2.08. The normalized spacial score (nSPS) is 10.2. The summed E-state index contributed by atoms with van der Waals surface area (Å²) in [5.41, 5.74) is 0.849. The molecule has 0 saturated heterocycles. The standard InChI is InChI=1S/C11H11ClN4S/c1-13-10-3-2-8(12)9(16-10)6-17-11-4-5-14-7-15-11/h2-5,7H,6H2,1H3,(H,13,16). The summed E-state index contributed by atoms with van der Waals surface area (Å²) < 4.78 is 0. The second-order valence-corrected chi connectivity index (χ2v) is 4.61. The molecule has 0 fully saturated rings. The lowest BCUT2D eigenvalue weighted by atomic mass is 10.3. The molecule has 0 bridgehead atoms. The number of thioether (sulfide) groups is 1. The molecule has 88 valence electrons. The molecular formula is C11H11ClN4S. The maximum Gasteiger partial charge on any atom is 0.126 e. The maximum absolute atomic E-state index is 6.08. The van der Waals surface area contributed by atoms with Crippen LogP contribution in [0.5, 0.6) is 0 Å². The van der Waals surface area contributed by atoms with Gasteiger partial charge in [0.2, 0.25) is 0 Å². The van der Waals surface area contributed by atoms with Gasteiger partial charge in [-0.2, -0.15) is 0 Å². The van der Waals surface area contributed by atoms with E-state index in [0.717, 1.165) is 16.5 Å². The predicted octanol–water partition coefficient (Wildman–Crippen LogP) is 2.86. The Morgan fingerprint density at radius 1 is 1.35 bits per heavy atom. The number of nitrogens with one attached hydrogen (secondary N) is 1. The van der Waals surface area contributed by atoms with Crippen LogP contribution in [0.25, 0.3) is 0 Å². The predicted molar refractivity (Wildman–Crippen MR) is 70.4 cm³/mol. The second-order valence-electron chi connectivity index (χ2n) is 3.21. The number of hydrogen-bond acceptors (Lipinski definition) is 5. The number of rotatable bonds is 4. The maximum atomic E-state index is 6.08. The molecule has 2 rings (SSSR count). The molecule has 0 aromatic carbocycles. The summed E-state index contributed by atoms with van der Waals surface area (Å²) in [6.07, 6.45) is 3.25. The van der Waals surface area contributed by atoms with E-state index < -0.39 is 0 Å². The van der Waals surface area contributed by atoms with Gasteiger partial charge in [-0.05, 0) is 18.2 Å². The van der Waals surface area contributed by atoms with Crippen molar-refractivity contribution in [3.05, 3.63) is 41.4 Å². The van der Waals surface area contributed by atoms with Crippen molar-refractivity contribution in [2.75, 3.05) is 12.4 Å². The van der Waals surface area contributed by atoms with Gasteiger partial charge < -0.3 is 5.32 Å². The third-order valence-electron chi connectivity index (χ3n) is 2.09. The number of hydrogen-bond donors (Lipinski definition) is 1. The molecule has 0 saturated carbocycles. The zero-order valence-corrected chi connectivity index (χ0v) is 10.8. The number of aromatic nitrogens is 3. The lowest BCUT2D eigenvalue weighted by Gasteiger charge is -2.05. The molecule has 0 aliphatic heterocycles. The van der Waals surface area contributed by atoms with Crippen molar-refractivity contribution in [3.8, 4) is 0 Å². The molecule has 0 aliphatic rings. The van der Waals surface area contributed by atoms with Gasteiger partial charge in [0.15, 0.2) is 0 Å². The largest absolute Gasteiger partial charge is 0.373 e. The monoisotopic (exact) mass is 266 g/mol. The van der Waals surface area contributed by atoms with Crippen LogP contribution in [0.15, 0.2) is 35.7 Å². The molecule has 17 heavy (non-hydrogen) atoms. The van der Waals surface area contributed by atoms with E-state index in [4.69, 9.17) is 11.6 Å². The van der Waals surface area contributed by atoms with Gasteiger partial charge in [0.1, 0.15) is 12.1 Å². The molecule has 0 amide bonds. The van der Waals surface area contributed by atoms with Crippen LogP contribution in [0.4, 0.5) is 5.82 Å². The van der Waals surface area contributed by atoms with E-state index in [-0.39, 0.29) is 0 Å². The number of pyridine rings is 1. The van der Waals surface area contributed by atoms with E-state index in [2.05, 4.69) is 20.3 Å². The average Bonchev–Trinajstić information content (AvgIpc) is 2.39. The first kappa shape index (κ1) is 12.1. The topological polar surface area (TPSA) is 50.7 Å². The van der Waals surface area contributed by atoms with Crippen molar-refractivity contribution in [2.45, 2.75) is 10.8 Å². The highest BCUT2D eigenvalue weighted by atomic mass is 35.5. The van der Waals surface area contributed by atoms with Gasteiger partial charge in [0.05, 0.1) is 15.7 Å². The molecule has 4 nitrogen and oxygen atoms in total. The van der Waals surface area contributed by atoms with Crippen molar-refractivity contribution in [1.82, 2.24) is 15.0 Å². The van der Waals surface area contributed by atoms with Gasteiger partial charge in [0.25, 0.3) is 0 Å². The summed E-state index contributed by atoms with van der Waals surface area (Å²) in [4.78, 5) is 12.4. The third kappa shape index (κ3) is 3.31. The van der Waals surface area contributed by atoms with E-state index in [1.165, 1.54) is 6.33 Å². The highest BCUT2D eigenvalue weighted by Crippen LogP contribution is 2.24. The van der Waals surface area contributed by atoms with Crippen molar-refractivity contribution in [2.24, 2.45) is 0 Å². The van der Waals surface area contributed by atoms with E-state index in [9.17, 15) is 0 Å². The van der Waals surface area contributed by atoms with Gasteiger partial charge in [-0.15, -0.1) is 0 Å². The number of halogens is 1. The summed E-state index contributed by atoms with van der Waals surface area (Å²) >= 11 is 7.66. The Bertz CT molecular complexity index is 492. The van der Waals surface area contributed by atoms with Crippen LogP contribution >= 0.6 is 23.4 Å². The van der Waals surface area contributed by atoms with Crippen molar-refractivity contribution in [1.29, 1.82) is 0 Å². The van der Waals surface area contributed by atoms with Gasteiger partial charge in [0, 0.05) is 19.0 Å². The number of nitrogens with zero attached hydrogens (tertiary/aromatic N) is 3. The fraction of sp³-hybridized carbons (Fsp3) is 0.182. The Kier molecular flexibility index (Phi) is 4.17. The quantitative estimate of drug-likeness (QED) is 0.681. The van der Waals surface area contributed by atoms with Crippen LogP contribution in [-0.4, -0.2) is 22.0 Å². The summed E-state index contributed by atoms with van der Waals surface area (Å²) in [6.45, 7) is 0. The highest BCUT2D eigenvalue weighted by Gasteiger charge is 2.05. The van der Waals surface area contributed by atoms with Crippen LogP contribution in [0.2, 0.25) is 5.02 Å².